The molecule has 0 aromatic heterocycles. The van der Waals surface area contributed by atoms with Gasteiger partial charge >= 0.3 is 6.09 Å². The summed E-state index contributed by atoms with van der Waals surface area (Å²) in [5, 5.41) is 13.4. The van der Waals surface area contributed by atoms with Crippen molar-refractivity contribution >= 4 is 6.09 Å². The van der Waals surface area contributed by atoms with Crippen LogP contribution in [0.1, 0.15) is 64.3 Å². The molecule has 0 saturated carbocycles. The van der Waals surface area contributed by atoms with Crippen LogP contribution in [0.25, 0.3) is 0 Å². The van der Waals surface area contributed by atoms with Crippen LogP contribution in [-0.4, -0.2) is 17.8 Å². The highest BCUT2D eigenvalue weighted by Crippen LogP contribution is 2.40. The van der Waals surface area contributed by atoms with E-state index in [1.54, 1.807) is 0 Å². The minimum Gasteiger partial charge on any atom is -0.507 e. The molecular formula is C17H25NO3. The summed E-state index contributed by atoms with van der Waals surface area (Å²) in [5.74, 6) is 0.256. The zero-order chi connectivity index (χ0) is 16.0. The molecule has 4 nitrogen and oxygen atoms in total. The van der Waals surface area contributed by atoms with Gasteiger partial charge in [0.15, 0.2) is 0 Å². The molecule has 1 atom stereocenters. The zero-order valence-electron chi connectivity index (χ0n) is 13.7. The number of ether oxygens (including phenoxy) is 1. The largest absolute Gasteiger partial charge is 0.507 e. The summed E-state index contributed by atoms with van der Waals surface area (Å²) in [7, 11) is 0. The van der Waals surface area contributed by atoms with Crippen LogP contribution in [0.4, 0.5) is 4.79 Å². The maximum absolute atomic E-state index is 11.3. The van der Waals surface area contributed by atoms with Crippen LogP contribution in [0.3, 0.4) is 0 Å². The van der Waals surface area contributed by atoms with Gasteiger partial charge in [0.1, 0.15) is 12.4 Å². The molecule has 0 unspecified atom stereocenters. The van der Waals surface area contributed by atoms with E-state index in [1.807, 2.05) is 6.07 Å². The average molecular weight is 291 g/mol. The minimum absolute atomic E-state index is 0.0358. The van der Waals surface area contributed by atoms with Crippen LogP contribution in [0, 0.1) is 0 Å². The van der Waals surface area contributed by atoms with Gasteiger partial charge in [-0.2, -0.15) is 0 Å². The summed E-state index contributed by atoms with van der Waals surface area (Å²) in [6.45, 7) is 12.9. The van der Waals surface area contributed by atoms with Gasteiger partial charge in [0.2, 0.25) is 0 Å². The third-order valence-corrected chi connectivity index (χ3v) is 3.86. The van der Waals surface area contributed by atoms with E-state index >= 15 is 0 Å². The van der Waals surface area contributed by atoms with Crippen LogP contribution in [0.5, 0.6) is 5.75 Å². The molecule has 21 heavy (non-hydrogen) atoms. The number of rotatable bonds is 1. The minimum atomic E-state index is -0.433. The Hall–Kier alpha value is -1.71. The summed E-state index contributed by atoms with van der Waals surface area (Å²) in [6, 6.07) is 3.75. The highest BCUT2D eigenvalue weighted by Gasteiger charge is 2.31. The van der Waals surface area contributed by atoms with Gasteiger partial charge in [0.05, 0.1) is 6.04 Å². The molecule has 1 aromatic rings. The van der Waals surface area contributed by atoms with E-state index in [9.17, 15) is 9.90 Å². The Morgan fingerprint density at radius 1 is 1.14 bits per heavy atom. The van der Waals surface area contributed by atoms with Crippen molar-refractivity contribution in [2.75, 3.05) is 6.61 Å². The summed E-state index contributed by atoms with van der Waals surface area (Å²) >= 11 is 0. The topological polar surface area (TPSA) is 58.6 Å². The quantitative estimate of drug-likeness (QED) is 0.828. The van der Waals surface area contributed by atoms with E-state index in [4.69, 9.17) is 4.74 Å². The first-order valence-corrected chi connectivity index (χ1v) is 7.31. The fourth-order valence-electron chi connectivity index (χ4n) is 2.48. The van der Waals surface area contributed by atoms with Crippen molar-refractivity contribution < 1.29 is 14.6 Å². The Balaban J connectivity index is 2.61. The normalized spacial score (nSPS) is 19.3. The molecule has 1 aliphatic rings. The third kappa shape index (κ3) is 3.14. The number of carbonyl (C=O) groups excluding carboxylic acids is 1. The Morgan fingerprint density at radius 3 is 2.19 bits per heavy atom. The number of alkyl carbamates (subject to hydrolysis) is 1. The first-order chi connectivity index (χ1) is 9.50. The van der Waals surface area contributed by atoms with Crippen LogP contribution >= 0.6 is 0 Å². The summed E-state index contributed by atoms with van der Waals surface area (Å²) in [4.78, 5) is 11.3. The van der Waals surface area contributed by atoms with Gasteiger partial charge in [-0.05, 0) is 28.0 Å². The molecule has 1 amide bonds. The van der Waals surface area contributed by atoms with E-state index in [0.717, 1.165) is 16.7 Å². The molecule has 2 rings (SSSR count). The average Bonchev–Trinajstić information content (AvgIpc) is 2.72. The lowest BCUT2D eigenvalue weighted by atomic mass is 9.78. The Morgan fingerprint density at radius 2 is 1.76 bits per heavy atom. The van der Waals surface area contributed by atoms with Crippen LogP contribution in [0.15, 0.2) is 12.1 Å². The molecule has 0 spiro atoms. The maximum atomic E-state index is 11.3. The molecule has 0 radical (unpaired) electrons. The second kappa shape index (κ2) is 4.93. The van der Waals surface area contributed by atoms with Gasteiger partial charge in [0.25, 0.3) is 0 Å². The Kier molecular flexibility index (Phi) is 3.68. The SMILES string of the molecule is CC(C)(C)c1cc([C@@H]2COC(=O)N2)c(O)c(C(C)(C)C)c1. The van der Waals surface area contributed by atoms with Crippen LogP contribution < -0.4 is 5.32 Å². The summed E-state index contributed by atoms with van der Waals surface area (Å²) in [6.07, 6.45) is -0.433. The van der Waals surface area contributed by atoms with Gasteiger partial charge in [-0.3, -0.25) is 0 Å². The molecule has 2 N–H and O–H groups in total. The predicted octanol–water partition coefficient (Wildman–Crippen LogP) is 3.77. The van der Waals surface area contributed by atoms with Gasteiger partial charge in [-0.25, -0.2) is 4.79 Å². The first kappa shape index (κ1) is 15.7. The lowest BCUT2D eigenvalue weighted by molar-refractivity contribution is 0.176. The van der Waals surface area contributed by atoms with E-state index < -0.39 is 6.09 Å². The number of aromatic hydroxyl groups is 1. The number of cyclic esters (lactones) is 1. The standard InChI is InChI=1S/C17H25NO3/c1-16(2,3)10-7-11(13-9-21-15(20)18-13)14(19)12(8-10)17(4,5)6/h7-8,13,19H,9H2,1-6H3,(H,18,20)/t13-/m0/s1. The molecule has 1 fully saturated rings. The monoisotopic (exact) mass is 291 g/mol. The van der Waals surface area contributed by atoms with Crippen molar-refractivity contribution in [1.82, 2.24) is 5.32 Å². The van der Waals surface area contributed by atoms with E-state index in [-0.39, 0.29) is 29.2 Å². The van der Waals surface area contributed by atoms with Crippen molar-refractivity contribution in [1.29, 1.82) is 0 Å². The predicted molar refractivity (Wildman–Crippen MR) is 82.7 cm³/mol. The highest BCUT2D eigenvalue weighted by molar-refractivity contribution is 5.70. The molecule has 0 bridgehead atoms. The van der Waals surface area contributed by atoms with Crippen LogP contribution in [0.2, 0.25) is 0 Å². The van der Waals surface area contributed by atoms with E-state index in [1.165, 1.54) is 0 Å². The lowest BCUT2D eigenvalue weighted by Gasteiger charge is -2.28. The molecule has 0 aliphatic carbocycles. The smallest absolute Gasteiger partial charge is 0.407 e. The van der Waals surface area contributed by atoms with Gasteiger partial charge < -0.3 is 15.2 Å². The number of nitrogens with one attached hydrogen (secondary N) is 1. The third-order valence-electron chi connectivity index (χ3n) is 3.86. The highest BCUT2D eigenvalue weighted by atomic mass is 16.6. The van der Waals surface area contributed by atoms with Gasteiger partial charge in [-0.1, -0.05) is 47.6 Å². The van der Waals surface area contributed by atoms with Crippen molar-refractivity contribution in [2.24, 2.45) is 0 Å². The summed E-state index contributed by atoms with van der Waals surface area (Å²) < 4.78 is 4.96. The number of amides is 1. The number of hydrogen-bond acceptors (Lipinski definition) is 3. The van der Waals surface area contributed by atoms with Crippen molar-refractivity contribution in [3.8, 4) is 5.75 Å². The molecule has 1 heterocycles. The first-order valence-electron chi connectivity index (χ1n) is 7.31. The Bertz CT molecular complexity index is 565. The molecule has 116 valence electrons. The molecule has 1 saturated heterocycles. The fraction of sp³-hybridized carbons (Fsp3) is 0.588. The van der Waals surface area contributed by atoms with Crippen LogP contribution in [-0.2, 0) is 15.6 Å². The summed E-state index contributed by atoms with van der Waals surface area (Å²) in [5.41, 5.74) is 2.56. The molecule has 4 heteroatoms. The number of hydrogen-bond donors (Lipinski definition) is 2. The number of phenolic OH excluding ortho intramolecular Hbond substituents is 1. The zero-order valence-corrected chi connectivity index (χ0v) is 13.7. The number of carbonyl (C=O) groups is 1. The van der Waals surface area contributed by atoms with Gasteiger partial charge in [-0.15, -0.1) is 0 Å². The second-order valence-corrected chi connectivity index (χ2v) is 7.76. The molecular weight excluding hydrogens is 266 g/mol. The number of benzene rings is 1. The maximum Gasteiger partial charge on any atom is 0.407 e. The second-order valence-electron chi connectivity index (χ2n) is 7.76. The van der Waals surface area contributed by atoms with Crippen molar-refractivity contribution in [2.45, 2.75) is 58.4 Å². The lowest BCUT2D eigenvalue weighted by Crippen LogP contribution is -2.22. The van der Waals surface area contributed by atoms with Crippen molar-refractivity contribution in [3.63, 3.8) is 0 Å². The molecule has 1 aliphatic heterocycles. The molecule has 1 aromatic carbocycles. The van der Waals surface area contributed by atoms with E-state index in [2.05, 4.69) is 52.9 Å². The number of phenols is 1. The van der Waals surface area contributed by atoms with E-state index in [0.29, 0.717) is 0 Å². The Labute approximate surface area is 126 Å². The van der Waals surface area contributed by atoms with Gasteiger partial charge in [0, 0.05) is 5.56 Å². The fourth-order valence-corrected chi connectivity index (χ4v) is 2.48. The van der Waals surface area contributed by atoms with Crippen molar-refractivity contribution in [3.05, 3.63) is 28.8 Å².